The number of rotatable bonds is 4. The van der Waals surface area contributed by atoms with Crippen LogP contribution in [0.2, 0.25) is 0 Å². The van der Waals surface area contributed by atoms with E-state index in [0.717, 1.165) is 21.3 Å². The Bertz CT molecular complexity index is 832. The molecule has 0 amide bonds. The Kier molecular flexibility index (Phi) is 4.99. The molecule has 128 valence electrons. The van der Waals surface area contributed by atoms with Gasteiger partial charge in [0.1, 0.15) is 12.4 Å². The molecule has 0 saturated carbocycles. The number of hydrogen-bond donors (Lipinski definition) is 1. The lowest BCUT2D eigenvalue weighted by Gasteiger charge is -2.26. The normalized spacial score (nSPS) is 17.4. The molecule has 1 aliphatic heterocycles. The minimum absolute atomic E-state index is 0.276. The van der Waals surface area contributed by atoms with E-state index in [2.05, 4.69) is 34.5 Å². The van der Waals surface area contributed by atoms with Crippen molar-refractivity contribution in [2.24, 2.45) is 0 Å². The lowest BCUT2D eigenvalue weighted by Crippen LogP contribution is -2.42. The molecule has 0 aromatic heterocycles. The molecule has 0 unspecified atom stereocenters. The highest BCUT2D eigenvalue weighted by Crippen LogP contribution is 2.28. The minimum Gasteiger partial charge on any atom is -0.492 e. The predicted molar refractivity (Wildman–Crippen MR) is 98.0 cm³/mol. The van der Waals surface area contributed by atoms with Crippen LogP contribution in [0.25, 0.3) is 0 Å². The highest BCUT2D eigenvalue weighted by molar-refractivity contribution is 9.10. The number of hydrogen-bond acceptors (Lipinski definition) is 3. The molecule has 1 heterocycles. The summed E-state index contributed by atoms with van der Waals surface area (Å²) in [5.41, 5.74) is 2.12. The Morgan fingerprint density at radius 1 is 1.17 bits per heavy atom. The fourth-order valence-corrected chi connectivity index (χ4v) is 4.39. The molecule has 0 radical (unpaired) electrons. The largest absolute Gasteiger partial charge is 0.492 e. The van der Waals surface area contributed by atoms with Crippen molar-refractivity contribution in [3.63, 3.8) is 0 Å². The molecule has 0 bridgehead atoms. The molecule has 6 heteroatoms. The topological polar surface area (TPSA) is 55.4 Å². The first kappa shape index (κ1) is 17.5. The predicted octanol–water partition coefficient (Wildman–Crippen LogP) is 3.85. The average molecular weight is 410 g/mol. The summed E-state index contributed by atoms with van der Waals surface area (Å²) in [6.07, 6.45) is 0.609. The second-order valence-corrected chi connectivity index (χ2v) is 8.94. The van der Waals surface area contributed by atoms with Crippen molar-refractivity contribution in [3.8, 4) is 5.75 Å². The van der Waals surface area contributed by atoms with E-state index in [4.69, 9.17) is 4.74 Å². The molecule has 2 aromatic rings. The van der Waals surface area contributed by atoms with E-state index in [9.17, 15) is 8.42 Å². The van der Waals surface area contributed by atoms with Crippen LogP contribution in [0.15, 0.2) is 51.8 Å². The maximum Gasteiger partial charge on any atom is 0.240 e. The maximum absolute atomic E-state index is 12.6. The van der Waals surface area contributed by atoms with Gasteiger partial charge in [0.05, 0.1) is 10.9 Å². The summed E-state index contributed by atoms with van der Waals surface area (Å²) in [7, 11) is -3.56. The zero-order valence-electron chi connectivity index (χ0n) is 13.6. The summed E-state index contributed by atoms with van der Waals surface area (Å²) in [6.45, 7) is 4.49. The summed E-state index contributed by atoms with van der Waals surface area (Å²) < 4.78 is 34.6. The van der Waals surface area contributed by atoms with Gasteiger partial charge in [-0.25, -0.2) is 13.1 Å². The highest BCUT2D eigenvalue weighted by Gasteiger charge is 2.25. The van der Waals surface area contributed by atoms with E-state index in [1.54, 1.807) is 12.1 Å². The molecule has 0 aliphatic carbocycles. The Balaban J connectivity index is 1.75. The molecule has 0 fully saturated rings. The van der Waals surface area contributed by atoms with Crippen molar-refractivity contribution in [3.05, 3.63) is 58.1 Å². The van der Waals surface area contributed by atoms with Crippen LogP contribution in [0.4, 0.5) is 0 Å². The Labute approximate surface area is 151 Å². The van der Waals surface area contributed by atoms with Gasteiger partial charge in [0, 0.05) is 4.47 Å². The number of halogens is 1. The monoisotopic (exact) mass is 409 g/mol. The van der Waals surface area contributed by atoms with Crippen LogP contribution >= 0.6 is 15.9 Å². The quantitative estimate of drug-likeness (QED) is 0.833. The van der Waals surface area contributed by atoms with Gasteiger partial charge in [-0.2, -0.15) is 0 Å². The van der Waals surface area contributed by atoms with E-state index in [1.807, 2.05) is 30.3 Å². The lowest BCUT2D eigenvalue weighted by atomic mass is 10.0. The van der Waals surface area contributed by atoms with Crippen molar-refractivity contribution in [1.82, 2.24) is 4.72 Å². The van der Waals surface area contributed by atoms with Crippen molar-refractivity contribution >= 4 is 26.0 Å². The third kappa shape index (κ3) is 3.82. The van der Waals surface area contributed by atoms with Gasteiger partial charge in [0.15, 0.2) is 0 Å². The first-order chi connectivity index (χ1) is 11.3. The second kappa shape index (κ2) is 6.86. The summed E-state index contributed by atoms with van der Waals surface area (Å²) >= 11 is 3.43. The van der Waals surface area contributed by atoms with Gasteiger partial charge >= 0.3 is 0 Å². The van der Waals surface area contributed by atoms with E-state index >= 15 is 0 Å². The van der Waals surface area contributed by atoms with Gasteiger partial charge in [0.25, 0.3) is 0 Å². The molecule has 24 heavy (non-hydrogen) atoms. The van der Waals surface area contributed by atoms with E-state index in [0.29, 0.717) is 18.9 Å². The van der Waals surface area contributed by atoms with Crippen LogP contribution in [-0.4, -0.2) is 21.1 Å². The van der Waals surface area contributed by atoms with Crippen LogP contribution in [0.1, 0.15) is 30.9 Å². The van der Waals surface area contributed by atoms with Crippen LogP contribution in [0.5, 0.6) is 5.75 Å². The summed E-state index contributed by atoms with van der Waals surface area (Å²) in [6, 6.07) is 12.5. The van der Waals surface area contributed by atoms with Crippen molar-refractivity contribution in [2.75, 3.05) is 6.61 Å². The smallest absolute Gasteiger partial charge is 0.240 e. The minimum atomic E-state index is -3.56. The van der Waals surface area contributed by atoms with Crippen molar-refractivity contribution < 1.29 is 13.2 Å². The fraction of sp³-hybridized carbons (Fsp3) is 0.333. The fourth-order valence-electron chi connectivity index (χ4n) is 2.76. The number of benzene rings is 2. The molecule has 4 nitrogen and oxygen atoms in total. The summed E-state index contributed by atoms with van der Waals surface area (Å²) in [4.78, 5) is 0.284. The summed E-state index contributed by atoms with van der Waals surface area (Å²) in [5.74, 6) is 1.19. The SMILES string of the molecule is CC(C)c1ccc(S(=O)(=O)N[C@@H]2COc3ccc(Br)cc3C2)cc1. The molecule has 0 spiro atoms. The molecule has 1 atom stereocenters. The third-order valence-electron chi connectivity index (χ3n) is 4.11. The Morgan fingerprint density at radius 3 is 2.54 bits per heavy atom. The number of sulfonamides is 1. The lowest BCUT2D eigenvalue weighted by molar-refractivity contribution is 0.254. The maximum atomic E-state index is 12.6. The first-order valence-electron chi connectivity index (χ1n) is 7.88. The standard InChI is InChI=1S/C18H20BrNO3S/c1-12(2)13-3-6-17(7-4-13)24(21,22)20-16-10-14-9-15(19)5-8-18(14)23-11-16/h3-9,12,16,20H,10-11H2,1-2H3/t16-/m0/s1. The van der Waals surface area contributed by atoms with Gasteiger partial charge < -0.3 is 4.74 Å². The Morgan fingerprint density at radius 2 is 1.88 bits per heavy atom. The second-order valence-electron chi connectivity index (χ2n) is 6.31. The van der Waals surface area contributed by atoms with Gasteiger partial charge in [-0.05, 0) is 53.8 Å². The van der Waals surface area contributed by atoms with E-state index in [1.165, 1.54) is 0 Å². The van der Waals surface area contributed by atoms with Crippen LogP contribution in [0.3, 0.4) is 0 Å². The molecule has 0 saturated heterocycles. The average Bonchev–Trinajstić information content (AvgIpc) is 2.54. The summed E-state index contributed by atoms with van der Waals surface area (Å²) in [5, 5.41) is 0. The molecular weight excluding hydrogens is 390 g/mol. The van der Waals surface area contributed by atoms with Gasteiger partial charge in [-0.1, -0.05) is 41.9 Å². The van der Waals surface area contributed by atoms with Crippen molar-refractivity contribution in [1.29, 1.82) is 0 Å². The molecule has 1 N–H and O–H groups in total. The number of nitrogens with one attached hydrogen (secondary N) is 1. The zero-order chi connectivity index (χ0) is 17.3. The van der Waals surface area contributed by atoms with Gasteiger partial charge in [-0.15, -0.1) is 0 Å². The van der Waals surface area contributed by atoms with E-state index < -0.39 is 10.0 Å². The first-order valence-corrected chi connectivity index (χ1v) is 10.2. The van der Waals surface area contributed by atoms with Gasteiger partial charge in [-0.3, -0.25) is 0 Å². The number of fused-ring (bicyclic) bond motifs is 1. The zero-order valence-corrected chi connectivity index (χ0v) is 16.0. The van der Waals surface area contributed by atoms with Crippen LogP contribution in [0, 0.1) is 0 Å². The van der Waals surface area contributed by atoms with Crippen LogP contribution < -0.4 is 9.46 Å². The van der Waals surface area contributed by atoms with E-state index in [-0.39, 0.29) is 10.9 Å². The molecule has 1 aliphatic rings. The van der Waals surface area contributed by atoms with Gasteiger partial charge in [0.2, 0.25) is 10.0 Å². The number of ether oxygens (including phenoxy) is 1. The highest BCUT2D eigenvalue weighted by atomic mass is 79.9. The van der Waals surface area contributed by atoms with Crippen LogP contribution in [-0.2, 0) is 16.4 Å². The molecule has 2 aromatic carbocycles. The Hall–Kier alpha value is -1.37. The molecule has 3 rings (SSSR count). The van der Waals surface area contributed by atoms with Crippen molar-refractivity contribution in [2.45, 2.75) is 37.1 Å². The third-order valence-corrected chi connectivity index (χ3v) is 6.14. The molecular formula is C18H20BrNO3S.